The van der Waals surface area contributed by atoms with Gasteiger partial charge in [0.2, 0.25) is 0 Å². The number of aliphatic carboxylic acids is 1. The Morgan fingerprint density at radius 1 is 0.811 bits per heavy atom. The molecule has 0 saturated heterocycles. The molecule has 1 heterocycles. The van der Waals surface area contributed by atoms with Crippen LogP contribution in [0.4, 0.5) is 0 Å². The maximum Gasteiger partial charge on any atom is 0.322 e. The van der Waals surface area contributed by atoms with Gasteiger partial charge in [-0.3, -0.25) is 24.2 Å². The lowest BCUT2D eigenvalue weighted by Crippen LogP contribution is -2.32. The van der Waals surface area contributed by atoms with E-state index in [1.165, 1.54) is 30.3 Å². The molecule has 2 aromatic carbocycles. The third kappa shape index (κ3) is 7.86. The van der Waals surface area contributed by atoms with Gasteiger partial charge in [-0.1, -0.05) is 18.2 Å². The van der Waals surface area contributed by atoms with Crippen LogP contribution in [0.15, 0.2) is 77.8 Å². The molecule has 12 nitrogen and oxygen atoms in total. The van der Waals surface area contributed by atoms with Gasteiger partial charge in [0.15, 0.2) is 0 Å². The van der Waals surface area contributed by atoms with E-state index in [1.54, 1.807) is 12.1 Å². The zero-order valence-electron chi connectivity index (χ0n) is 19.2. The van der Waals surface area contributed by atoms with Crippen molar-refractivity contribution in [2.45, 2.75) is 4.90 Å². The zero-order chi connectivity index (χ0) is 26.8. The largest absolute Gasteiger partial charge is 0.492 e. The maximum atomic E-state index is 12.6. The van der Waals surface area contributed by atoms with Gasteiger partial charge >= 0.3 is 5.97 Å². The van der Waals surface area contributed by atoms with E-state index in [-0.39, 0.29) is 34.9 Å². The van der Waals surface area contributed by atoms with Crippen molar-refractivity contribution >= 4 is 33.7 Å². The summed E-state index contributed by atoms with van der Waals surface area (Å²) in [6, 6.07) is 16.4. The molecule has 0 aliphatic carbocycles. The topological polar surface area (TPSA) is 181 Å². The first-order valence-electron chi connectivity index (χ1n) is 10.7. The summed E-state index contributed by atoms with van der Waals surface area (Å²) in [4.78, 5) is 50.4. The van der Waals surface area contributed by atoms with E-state index in [1.807, 2.05) is 22.9 Å². The Labute approximate surface area is 211 Å². The van der Waals surface area contributed by atoms with Crippen LogP contribution in [0, 0.1) is 0 Å². The smallest absolute Gasteiger partial charge is 0.322 e. The van der Waals surface area contributed by atoms with Gasteiger partial charge < -0.3 is 20.5 Å². The zero-order valence-corrected chi connectivity index (χ0v) is 20.0. The molecular formula is C24H22N4O8S. The number of carbonyl (C=O) groups excluding carboxylic acids is 3. The number of nitrogens with one attached hydrogen (secondary N) is 3. The van der Waals surface area contributed by atoms with Gasteiger partial charge in [-0.15, -0.1) is 0 Å². The number of ether oxygens (including phenoxy) is 1. The van der Waals surface area contributed by atoms with E-state index < -0.39 is 40.3 Å². The lowest BCUT2D eigenvalue weighted by Gasteiger charge is -2.09. The van der Waals surface area contributed by atoms with Crippen LogP contribution in [0.1, 0.15) is 31.2 Å². The van der Waals surface area contributed by atoms with Gasteiger partial charge in [-0.25, -0.2) is 13.1 Å². The normalized spacial score (nSPS) is 10.7. The monoisotopic (exact) mass is 526 g/mol. The van der Waals surface area contributed by atoms with E-state index in [0.717, 1.165) is 12.3 Å². The number of hydrogen-bond donors (Lipinski definition) is 4. The van der Waals surface area contributed by atoms with Crippen LogP contribution >= 0.6 is 0 Å². The molecule has 0 unspecified atom stereocenters. The first-order chi connectivity index (χ1) is 17.7. The standard InChI is InChI=1S/C24H22N4O8S/c29-21(30)15-27-24(33)20-11-8-17(14-26-20)23(32)28-37(34,35)19-9-6-16(7-10-19)22(31)25-12-13-36-18-4-2-1-3-5-18/h1-11,14H,12-13,15H2,(H,25,31)(H,27,33)(H,28,32)(H,29,30). The van der Waals surface area contributed by atoms with Crippen LogP contribution in [0.5, 0.6) is 5.75 Å². The first-order valence-corrected chi connectivity index (χ1v) is 12.2. The summed E-state index contributed by atoms with van der Waals surface area (Å²) in [7, 11) is -4.27. The summed E-state index contributed by atoms with van der Waals surface area (Å²) in [6.45, 7) is -0.126. The molecule has 37 heavy (non-hydrogen) atoms. The summed E-state index contributed by atoms with van der Waals surface area (Å²) in [6.07, 6.45) is 0.982. The molecule has 0 saturated carbocycles. The van der Waals surface area contributed by atoms with E-state index in [4.69, 9.17) is 9.84 Å². The second kappa shape index (κ2) is 12.3. The fourth-order valence-corrected chi connectivity index (χ4v) is 3.86. The number of benzene rings is 2. The molecule has 0 bridgehead atoms. The van der Waals surface area contributed by atoms with Gasteiger partial charge in [0, 0.05) is 11.8 Å². The molecule has 0 aliphatic rings. The number of hydrogen-bond acceptors (Lipinski definition) is 8. The first kappa shape index (κ1) is 26.8. The van der Waals surface area contributed by atoms with Gasteiger partial charge in [-0.05, 0) is 48.5 Å². The number of sulfonamides is 1. The highest BCUT2D eigenvalue weighted by Gasteiger charge is 2.20. The summed E-state index contributed by atoms with van der Waals surface area (Å²) >= 11 is 0. The minimum Gasteiger partial charge on any atom is -0.492 e. The Morgan fingerprint density at radius 3 is 2.11 bits per heavy atom. The number of carbonyl (C=O) groups is 4. The molecule has 4 N–H and O–H groups in total. The molecule has 3 aromatic rings. The predicted octanol–water partition coefficient (Wildman–Crippen LogP) is 0.824. The lowest BCUT2D eigenvalue weighted by atomic mass is 10.2. The Hall–Kier alpha value is -4.78. The number of para-hydroxylation sites is 1. The van der Waals surface area contributed by atoms with Crippen LogP contribution in [-0.4, -0.2) is 61.9 Å². The minimum atomic E-state index is -4.27. The number of rotatable bonds is 11. The fourth-order valence-electron chi connectivity index (χ4n) is 2.89. The highest BCUT2D eigenvalue weighted by molar-refractivity contribution is 7.90. The molecule has 3 rings (SSSR count). The minimum absolute atomic E-state index is 0.146. The quantitative estimate of drug-likeness (QED) is 0.263. The number of carboxylic acid groups (broad SMARTS) is 1. The summed E-state index contributed by atoms with van der Waals surface area (Å²) < 4.78 is 32.5. The van der Waals surface area contributed by atoms with E-state index in [9.17, 15) is 27.6 Å². The number of carboxylic acids is 1. The van der Waals surface area contributed by atoms with Crippen molar-refractivity contribution in [3.05, 3.63) is 89.7 Å². The average molecular weight is 527 g/mol. The Kier molecular flexibility index (Phi) is 8.89. The molecule has 0 spiro atoms. The van der Waals surface area contributed by atoms with Crippen molar-refractivity contribution in [1.29, 1.82) is 0 Å². The molecule has 0 aliphatic heterocycles. The third-order valence-corrected chi connectivity index (χ3v) is 6.06. The predicted molar refractivity (Wildman–Crippen MR) is 130 cm³/mol. The van der Waals surface area contributed by atoms with Crippen molar-refractivity contribution in [3.8, 4) is 5.75 Å². The van der Waals surface area contributed by atoms with Crippen molar-refractivity contribution in [3.63, 3.8) is 0 Å². The van der Waals surface area contributed by atoms with Crippen LogP contribution in [0.25, 0.3) is 0 Å². The van der Waals surface area contributed by atoms with Gasteiger partial charge in [-0.2, -0.15) is 0 Å². The van der Waals surface area contributed by atoms with Crippen molar-refractivity contribution in [2.75, 3.05) is 19.7 Å². The highest BCUT2D eigenvalue weighted by Crippen LogP contribution is 2.12. The molecule has 0 fully saturated rings. The van der Waals surface area contributed by atoms with Gasteiger partial charge in [0.05, 0.1) is 17.0 Å². The van der Waals surface area contributed by atoms with E-state index in [2.05, 4.69) is 15.6 Å². The van der Waals surface area contributed by atoms with Crippen LogP contribution in [-0.2, 0) is 14.8 Å². The number of pyridine rings is 1. The second-order valence-corrected chi connectivity index (χ2v) is 9.07. The number of nitrogens with zero attached hydrogens (tertiary/aromatic N) is 1. The molecule has 0 radical (unpaired) electrons. The van der Waals surface area contributed by atoms with E-state index in [0.29, 0.717) is 5.75 Å². The van der Waals surface area contributed by atoms with Crippen molar-refractivity contribution in [2.24, 2.45) is 0 Å². The van der Waals surface area contributed by atoms with Crippen molar-refractivity contribution < 1.29 is 37.4 Å². The summed E-state index contributed by atoms with van der Waals surface area (Å²) in [5, 5.41) is 13.3. The highest BCUT2D eigenvalue weighted by atomic mass is 32.2. The Bertz CT molecular complexity index is 1380. The fraction of sp³-hybridized carbons (Fsp3) is 0.125. The average Bonchev–Trinajstić information content (AvgIpc) is 2.90. The van der Waals surface area contributed by atoms with Gasteiger partial charge in [0.1, 0.15) is 24.6 Å². The van der Waals surface area contributed by atoms with Crippen LogP contribution in [0.2, 0.25) is 0 Å². The molecule has 1 aromatic heterocycles. The Balaban J connectivity index is 1.53. The SMILES string of the molecule is O=C(O)CNC(=O)c1ccc(C(=O)NS(=O)(=O)c2ccc(C(=O)NCCOc3ccccc3)cc2)cn1. The van der Waals surface area contributed by atoms with Crippen molar-refractivity contribution in [1.82, 2.24) is 20.3 Å². The maximum absolute atomic E-state index is 12.6. The second-order valence-electron chi connectivity index (χ2n) is 7.38. The van der Waals surface area contributed by atoms with E-state index >= 15 is 0 Å². The molecular weight excluding hydrogens is 504 g/mol. The molecule has 13 heteroatoms. The molecule has 192 valence electrons. The summed E-state index contributed by atoms with van der Waals surface area (Å²) in [5.74, 6) is -2.76. The number of aromatic nitrogens is 1. The summed E-state index contributed by atoms with van der Waals surface area (Å²) in [5.41, 5.74) is -0.0841. The van der Waals surface area contributed by atoms with Gasteiger partial charge in [0.25, 0.3) is 27.7 Å². The Morgan fingerprint density at radius 2 is 1.49 bits per heavy atom. The van der Waals surface area contributed by atoms with Crippen LogP contribution in [0.3, 0.4) is 0 Å². The van der Waals surface area contributed by atoms with Crippen LogP contribution < -0.4 is 20.1 Å². The number of amides is 3. The molecule has 3 amide bonds. The third-order valence-electron chi connectivity index (χ3n) is 4.71. The molecule has 0 atom stereocenters. The lowest BCUT2D eigenvalue weighted by molar-refractivity contribution is -0.135.